The molecule has 2 amide bonds. The smallest absolute Gasteiger partial charge is 0.239 e. The van der Waals surface area contributed by atoms with Crippen molar-refractivity contribution in [2.24, 2.45) is 0 Å². The molecule has 8 nitrogen and oxygen atoms in total. The number of nitrogens with zero attached hydrogens (tertiary/aromatic N) is 1. The Kier molecular flexibility index (Phi) is 8.03. The predicted octanol–water partition coefficient (Wildman–Crippen LogP) is 2.65. The van der Waals surface area contributed by atoms with Crippen molar-refractivity contribution in [2.75, 3.05) is 33.3 Å². The van der Waals surface area contributed by atoms with Gasteiger partial charge in [0.1, 0.15) is 5.75 Å². The highest BCUT2D eigenvalue weighted by Crippen LogP contribution is 2.33. The van der Waals surface area contributed by atoms with Crippen molar-refractivity contribution in [1.82, 2.24) is 15.5 Å². The molecule has 2 heterocycles. The van der Waals surface area contributed by atoms with E-state index < -0.39 is 0 Å². The molecule has 1 fully saturated rings. The fourth-order valence-corrected chi connectivity index (χ4v) is 4.37. The molecule has 0 aliphatic carbocycles. The van der Waals surface area contributed by atoms with Crippen LogP contribution in [0.5, 0.6) is 17.2 Å². The summed E-state index contributed by atoms with van der Waals surface area (Å²) in [4.78, 5) is 27.2. The van der Waals surface area contributed by atoms with E-state index in [9.17, 15) is 9.59 Å². The summed E-state index contributed by atoms with van der Waals surface area (Å²) in [5.41, 5.74) is 1.94. The third kappa shape index (κ3) is 6.07. The first kappa shape index (κ1) is 24.0. The second-order valence-corrected chi connectivity index (χ2v) is 8.66. The zero-order valence-corrected chi connectivity index (χ0v) is 19.8. The van der Waals surface area contributed by atoms with Crippen LogP contribution in [0.3, 0.4) is 0 Å². The van der Waals surface area contributed by atoms with E-state index in [4.69, 9.17) is 14.2 Å². The highest BCUT2D eigenvalue weighted by molar-refractivity contribution is 5.85. The quantitative estimate of drug-likeness (QED) is 0.706. The minimum Gasteiger partial charge on any atom is -0.493 e. The summed E-state index contributed by atoms with van der Waals surface area (Å²) in [6.45, 7) is 4.27. The average molecular weight is 468 g/mol. The van der Waals surface area contributed by atoms with E-state index in [1.807, 2.05) is 49.4 Å². The second-order valence-electron chi connectivity index (χ2n) is 8.66. The molecule has 2 atom stereocenters. The van der Waals surface area contributed by atoms with E-state index in [1.165, 1.54) is 0 Å². The SMILES string of the molecule is CCN1CC(=O)N[C@H]2CCNC[C@@H]2OCc2cccc(c2)Oc2cc(ccc2OC)CCC1=O. The van der Waals surface area contributed by atoms with Crippen LogP contribution in [0.15, 0.2) is 42.5 Å². The summed E-state index contributed by atoms with van der Waals surface area (Å²) in [6, 6.07) is 13.3. The van der Waals surface area contributed by atoms with Crippen molar-refractivity contribution in [3.63, 3.8) is 0 Å². The van der Waals surface area contributed by atoms with Gasteiger partial charge in [-0.1, -0.05) is 18.2 Å². The maximum Gasteiger partial charge on any atom is 0.239 e. The van der Waals surface area contributed by atoms with Crippen molar-refractivity contribution in [3.05, 3.63) is 53.6 Å². The number of ether oxygens (including phenoxy) is 3. The zero-order chi connectivity index (χ0) is 23.9. The van der Waals surface area contributed by atoms with E-state index in [-0.39, 0.29) is 30.5 Å². The molecule has 2 N–H and O–H groups in total. The molecule has 2 aromatic carbocycles. The minimum atomic E-state index is -0.163. The lowest BCUT2D eigenvalue weighted by Crippen LogP contribution is -2.55. The number of aryl methyl sites for hydroxylation is 1. The number of methoxy groups -OCH3 is 1. The van der Waals surface area contributed by atoms with E-state index in [1.54, 1.807) is 12.0 Å². The molecule has 2 aromatic rings. The van der Waals surface area contributed by atoms with Gasteiger partial charge >= 0.3 is 0 Å². The minimum absolute atomic E-state index is 0.0466. The van der Waals surface area contributed by atoms with Crippen LogP contribution >= 0.6 is 0 Å². The van der Waals surface area contributed by atoms with E-state index in [2.05, 4.69) is 10.6 Å². The molecule has 8 heteroatoms. The maximum absolute atomic E-state index is 12.9. The first-order chi connectivity index (χ1) is 16.6. The molecule has 0 aromatic heterocycles. The molecule has 4 bridgehead atoms. The van der Waals surface area contributed by atoms with Gasteiger partial charge in [-0.2, -0.15) is 0 Å². The molecule has 182 valence electrons. The first-order valence-electron chi connectivity index (χ1n) is 11.9. The predicted molar refractivity (Wildman–Crippen MR) is 128 cm³/mol. The molecular weight excluding hydrogens is 434 g/mol. The van der Waals surface area contributed by atoms with Gasteiger partial charge in [0.05, 0.1) is 32.4 Å². The molecule has 1 saturated heterocycles. The number of likely N-dealkylation sites (N-methyl/N-ethyl adjacent to an activating group) is 1. The molecule has 34 heavy (non-hydrogen) atoms. The number of hydrogen-bond acceptors (Lipinski definition) is 6. The van der Waals surface area contributed by atoms with Crippen LogP contribution in [0.1, 0.15) is 30.9 Å². The fraction of sp³-hybridized carbons (Fsp3) is 0.462. The summed E-state index contributed by atoms with van der Waals surface area (Å²) in [7, 11) is 1.60. The van der Waals surface area contributed by atoms with Gasteiger partial charge in [0.25, 0.3) is 0 Å². The van der Waals surface area contributed by atoms with Crippen molar-refractivity contribution in [2.45, 2.75) is 44.9 Å². The molecule has 0 unspecified atom stereocenters. The third-order valence-electron chi connectivity index (χ3n) is 6.29. The van der Waals surface area contributed by atoms with Crippen molar-refractivity contribution < 1.29 is 23.8 Å². The fourth-order valence-electron chi connectivity index (χ4n) is 4.37. The number of amides is 2. The first-order valence-corrected chi connectivity index (χ1v) is 11.9. The summed E-state index contributed by atoms with van der Waals surface area (Å²) in [6.07, 6.45) is 1.46. The van der Waals surface area contributed by atoms with Crippen LogP contribution in [0.2, 0.25) is 0 Å². The standard InChI is InChI=1S/C26H33N3O5/c1-3-29-16-25(30)28-21-11-12-27-15-24(21)33-17-19-5-4-6-20(13-19)34-23-14-18(8-10-26(29)31)7-9-22(23)32-2/h4-7,9,13-14,21,24,27H,3,8,10-12,15-17H2,1-2H3,(H,28,30)/t21-,24-/m0/s1. The van der Waals surface area contributed by atoms with Gasteiger partial charge in [-0.3, -0.25) is 9.59 Å². The van der Waals surface area contributed by atoms with Crippen LogP contribution in [0, 0.1) is 0 Å². The van der Waals surface area contributed by atoms with Crippen LogP contribution in [0.4, 0.5) is 0 Å². The Labute approximate surface area is 200 Å². The number of nitrogens with one attached hydrogen (secondary N) is 2. The van der Waals surface area contributed by atoms with Crippen molar-refractivity contribution >= 4 is 11.8 Å². The zero-order valence-electron chi connectivity index (χ0n) is 19.8. The molecule has 0 radical (unpaired) electrons. The highest BCUT2D eigenvalue weighted by Gasteiger charge is 2.28. The number of carbonyl (C=O) groups is 2. The number of piperidine rings is 1. The van der Waals surface area contributed by atoms with Gasteiger partial charge in [0.2, 0.25) is 11.8 Å². The largest absolute Gasteiger partial charge is 0.493 e. The van der Waals surface area contributed by atoms with E-state index in [0.29, 0.717) is 49.8 Å². The Morgan fingerprint density at radius 3 is 2.82 bits per heavy atom. The highest BCUT2D eigenvalue weighted by atomic mass is 16.5. The van der Waals surface area contributed by atoms with Gasteiger partial charge in [-0.15, -0.1) is 0 Å². The molecule has 2 aliphatic rings. The Morgan fingerprint density at radius 1 is 1.12 bits per heavy atom. The van der Waals surface area contributed by atoms with Gasteiger partial charge in [-0.05, 0) is 61.7 Å². The van der Waals surface area contributed by atoms with E-state index >= 15 is 0 Å². The van der Waals surface area contributed by atoms with E-state index in [0.717, 1.165) is 24.1 Å². The molecule has 0 saturated carbocycles. The number of fused-ring (bicyclic) bond motifs is 5. The number of carbonyl (C=O) groups excluding carboxylic acids is 2. The van der Waals surface area contributed by atoms with Gasteiger partial charge in [-0.25, -0.2) is 0 Å². The van der Waals surface area contributed by atoms with Gasteiger partial charge in [0, 0.05) is 19.5 Å². The lowest BCUT2D eigenvalue weighted by Gasteiger charge is -2.33. The average Bonchev–Trinajstić information content (AvgIpc) is 2.85. The lowest BCUT2D eigenvalue weighted by atomic mass is 10.0. The van der Waals surface area contributed by atoms with Crippen LogP contribution < -0.4 is 20.1 Å². The van der Waals surface area contributed by atoms with Crippen LogP contribution in [-0.2, 0) is 27.4 Å². The Hall–Kier alpha value is -3.10. The van der Waals surface area contributed by atoms with Crippen molar-refractivity contribution in [3.8, 4) is 17.2 Å². The second kappa shape index (κ2) is 11.4. The third-order valence-corrected chi connectivity index (χ3v) is 6.29. The number of benzene rings is 2. The van der Waals surface area contributed by atoms with Gasteiger partial charge in [0.15, 0.2) is 11.5 Å². The Bertz CT molecular complexity index is 1010. The topological polar surface area (TPSA) is 89.1 Å². The monoisotopic (exact) mass is 467 g/mol. The molecule has 0 spiro atoms. The number of rotatable bonds is 2. The summed E-state index contributed by atoms with van der Waals surface area (Å²) in [5, 5.41) is 6.43. The molecular formula is C26H33N3O5. The summed E-state index contributed by atoms with van der Waals surface area (Å²) in [5.74, 6) is 1.68. The normalized spacial score (nSPS) is 22.0. The number of hydrogen-bond donors (Lipinski definition) is 2. The Morgan fingerprint density at radius 2 is 2.00 bits per heavy atom. The molecule has 4 rings (SSSR count). The lowest BCUT2D eigenvalue weighted by molar-refractivity contribution is -0.136. The van der Waals surface area contributed by atoms with Crippen LogP contribution in [0.25, 0.3) is 0 Å². The summed E-state index contributed by atoms with van der Waals surface area (Å²) >= 11 is 0. The summed E-state index contributed by atoms with van der Waals surface area (Å²) < 4.78 is 17.9. The maximum atomic E-state index is 12.9. The van der Waals surface area contributed by atoms with Crippen molar-refractivity contribution in [1.29, 1.82) is 0 Å². The van der Waals surface area contributed by atoms with Crippen LogP contribution in [-0.4, -0.2) is 62.1 Å². The Balaban J connectivity index is 1.62. The molecule has 2 aliphatic heterocycles. The van der Waals surface area contributed by atoms with Gasteiger partial charge < -0.3 is 29.7 Å².